The van der Waals surface area contributed by atoms with Crippen molar-refractivity contribution in [2.75, 3.05) is 13.2 Å². The van der Waals surface area contributed by atoms with Crippen LogP contribution in [-0.2, 0) is 0 Å². The third-order valence-corrected chi connectivity index (χ3v) is 5.28. The Labute approximate surface area is 114 Å². The van der Waals surface area contributed by atoms with Crippen LogP contribution in [0, 0.1) is 18.8 Å². The summed E-state index contributed by atoms with van der Waals surface area (Å²) in [6, 6.07) is 0.374. The van der Waals surface area contributed by atoms with Gasteiger partial charge in [0.05, 0.1) is 11.2 Å². The molecule has 3 nitrogen and oxygen atoms in total. The number of nitrogens with one attached hydrogen (secondary N) is 1. The van der Waals surface area contributed by atoms with Crippen LogP contribution in [0.4, 0.5) is 0 Å². The fraction of sp³-hybridized carbons (Fsp3) is 0.786. The standard InChI is InChI=1S/C14H24N2OS/c1-10(14-11(2)16-9-18-14)15-7-12-5-3-4-6-13(12)8-17/h9-10,12-13,15,17H,3-8H2,1-2H3. The minimum Gasteiger partial charge on any atom is -0.396 e. The monoisotopic (exact) mass is 268 g/mol. The van der Waals surface area contributed by atoms with Crippen molar-refractivity contribution in [2.45, 2.75) is 45.6 Å². The number of hydrogen-bond donors (Lipinski definition) is 2. The van der Waals surface area contributed by atoms with Gasteiger partial charge in [0, 0.05) is 17.5 Å². The molecule has 0 saturated heterocycles. The number of aryl methyl sites for hydroxylation is 1. The molecule has 1 aromatic heterocycles. The van der Waals surface area contributed by atoms with Gasteiger partial charge in [-0.1, -0.05) is 12.8 Å². The summed E-state index contributed by atoms with van der Waals surface area (Å²) >= 11 is 1.73. The van der Waals surface area contributed by atoms with Crippen LogP contribution in [0.25, 0.3) is 0 Å². The molecule has 3 atom stereocenters. The van der Waals surface area contributed by atoms with Gasteiger partial charge in [0.1, 0.15) is 0 Å². The van der Waals surface area contributed by atoms with Gasteiger partial charge in [-0.25, -0.2) is 4.98 Å². The number of nitrogens with zero attached hydrogens (tertiary/aromatic N) is 1. The van der Waals surface area contributed by atoms with Crippen molar-refractivity contribution in [1.29, 1.82) is 0 Å². The third kappa shape index (κ3) is 3.31. The fourth-order valence-electron chi connectivity index (χ4n) is 2.94. The van der Waals surface area contributed by atoms with E-state index in [2.05, 4.69) is 24.1 Å². The first kappa shape index (κ1) is 14.0. The van der Waals surface area contributed by atoms with Crippen LogP contribution in [0.5, 0.6) is 0 Å². The second kappa shape index (κ2) is 6.64. The molecule has 0 amide bonds. The van der Waals surface area contributed by atoms with Crippen molar-refractivity contribution in [3.63, 3.8) is 0 Å². The summed E-state index contributed by atoms with van der Waals surface area (Å²) in [7, 11) is 0. The maximum atomic E-state index is 9.42. The van der Waals surface area contributed by atoms with Crippen LogP contribution in [0.3, 0.4) is 0 Å². The summed E-state index contributed by atoms with van der Waals surface area (Å²) in [6.45, 7) is 5.64. The predicted octanol–water partition coefficient (Wildman–Crippen LogP) is 2.90. The van der Waals surface area contributed by atoms with Crippen LogP contribution in [0.2, 0.25) is 0 Å². The van der Waals surface area contributed by atoms with E-state index in [4.69, 9.17) is 0 Å². The van der Waals surface area contributed by atoms with Crippen molar-refractivity contribution in [1.82, 2.24) is 10.3 Å². The first-order chi connectivity index (χ1) is 8.72. The van der Waals surface area contributed by atoms with E-state index in [0.29, 0.717) is 24.5 Å². The summed E-state index contributed by atoms with van der Waals surface area (Å²) in [4.78, 5) is 5.64. The molecule has 1 aliphatic rings. The second-order valence-corrected chi connectivity index (χ2v) is 6.31. The van der Waals surface area contributed by atoms with E-state index < -0.39 is 0 Å². The van der Waals surface area contributed by atoms with Crippen molar-refractivity contribution >= 4 is 11.3 Å². The Kier molecular flexibility index (Phi) is 5.15. The Morgan fingerprint density at radius 2 is 2.17 bits per heavy atom. The van der Waals surface area contributed by atoms with Crippen molar-refractivity contribution in [3.8, 4) is 0 Å². The molecule has 18 heavy (non-hydrogen) atoms. The molecule has 102 valence electrons. The Bertz CT molecular complexity index is 366. The summed E-state index contributed by atoms with van der Waals surface area (Å²) in [5.74, 6) is 1.14. The van der Waals surface area contributed by atoms with Gasteiger partial charge in [0.15, 0.2) is 0 Å². The molecule has 1 heterocycles. The lowest BCUT2D eigenvalue weighted by molar-refractivity contribution is 0.131. The van der Waals surface area contributed by atoms with Gasteiger partial charge in [0.2, 0.25) is 0 Å². The van der Waals surface area contributed by atoms with E-state index in [-0.39, 0.29) is 0 Å². The summed E-state index contributed by atoms with van der Waals surface area (Å²) < 4.78 is 0. The zero-order valence-electron chi connectivity index (χ0n) is 11.4. The highest BCUT2D eigenvalue weighted by atomic mass is 32.1. The normalized spacial score (nSPS) is 26.2. The first-order valence-electron chi connectivity index (χ1n) is 6.96. The minimum atomic E-state index is 0.348. The molecular weight excluding hydrogens is 244 g/mol. The van der Waals surface area contributed by atoms with E-state index in [1.807, 2.05) is 5.51 Å². The fourth-order valence-corrected chi connectivity index (χ4v) is 3.78. The van der Waals surface area contributed by atoms with Gasteiger partial charge in [-0.3, -0.25) is 0 Å². The molecule has 1 fully saturated rings. The highest BCUT2D eigenvalue weighted by Crippen LogP contribution is 2.30. The molecule has 0 bridgehead atoms. The van der Waals surface area contributed by atoms with E-state index in [1.54, 1.807) is 11.3 Å². The number of aliphatic hydroxyl groups excluding tert-OH is 1. The number of aromatic nitrogens is 1. The summed E-state index contributed by atoms with van der Waals surface area (Å²) in [6.07, 6.45) is 5.05. The molecule has 2 rings (SSSR count). The second-order valence-electron chi connectivity index (χ2n) is 5.42. The van der Waals surface area contributed by atoms with E-state index in [0.717, 1.165) is 12.2 Å². The third-order valence-electron chi connectivity index (χ3n) is 4.16. The minimum absolute atomic E-state index is 0.348. The summed E-state index contributed by atoms with van der Waals surface area (Å²) in [5, 5.41) is 13.0. The smallest absolute Gasteiger partial charge is 0.0798 e. The van der Waals surface area contributed by atoms with Crippen LogP contribution >= 0.6 is 11.3 Å². The van der Waals surface area contributed by atoms with Gasteiger partial charge in [-0.2, -0.15) is 0 Å². The largest absolute Gasteiger partial charge is 0.396 e. The highest BCUT2D eigenvalue weighted by molar-refractivity contribution is 7.09. The number of hydrogen-bond acceptors (Lipinski definition) is 4. The molecule has 0 aromatic carbocycles. The SMILES string of the molecule is Cc1ncsc1C(C)NCC1CCCCC1CO. The molecule has 0 aliphatic heterocycles. The van der Waals surface area contributed by atoms with Crippen LogP contribution < -0.4 is 5.32 Å². The lowest BCUT2D eigenvalue weighted by Gasteiger charge is -2.31. The van der Waals surface area contributed by atoms with Gasteiger partial charge in [-0.15, -0.1) is 11.3 Å². The maximum Gasteiger partial charge on any atom is 0.0798 e. The van der Waals surface area contributed by atoms with Gasteiger partial charge in [0.25, 0.3) is 0 Å². The average Bonchev–Trinajstić information content (AvgIpc) is 2.82. The van der Waals surface area contributed by atoms with E-state index in [1.165, 1.54) is 30.6 Å². The number of thiazole rings is 1. The quantitative estimate of drug-likeness (QED) is 0.863. The van der Waals surface area contributed by atoms with Crippen molar-refractivity contribution < 1.29 is 5.11 Å². The highest BCUT2D eigenvalue weighted by Gasteiger charge is 2.24. The molecule has 1 saturated carbocycles. The van der Waals surface area contributed by atoms with Crippen molar-refractivity contribution in [3.05, 3.63) is 16.1 Å². The number of rotatable bonds is 5. The zero-order chi connectivity index (χ0) is 13.0. The lowest BCUT2D eigenvalue weighted by Crippen LogP contribution is -2.33. The van der Waals surface area contributed by atoms with Crippen LogP contribution in [0.1, 0.15) is 49.2 Å². The van der Waals surface area contributed by atoms with E-state index >= 15 is 0 Å². The van der Waals surface area contributed by atoms with Crippen molar-refractivity contribution in [2.24, 2.45) is 11.8 Å². The zero-order valence-corrected chi connectivity index (χ0v) is 12.2. The molecular formula is C14H24N2OS. The van der Waals surface area contributed by atoms with Gasteiger partial charge < -0.3 is 10.4 Å². The lowest BCUT2D eigenvalue weighted by atomic mass is 9.79. The van der Waals surface area contributed by atoms with Gasteiger partial charge in [-0.05, 0) is 45.1 Å². The van der Waals surface area contributed by atoms with Crippen LogP contribution in [0.15, 0.2) is 5.51 Å². The Morgan fingerprint density at radius 1 is 1.44 bits per heavy atom. The first-order valence-corrected chi connectivity index (χ1v) is 7.84. The maximum absolute atomic E-state index is 9.42. The molecule has 1 aromatic rings. The van der Waals surface area contributed by atoms with Gasteiger partial charge >= 0.3 is 0 Å². The summed E-state index contributed by atoms with van der Waals surface area (Å²) in [5.41, 5.74) is 3.06. The van der Waals surface area contributed by atoms with E-state index in [9.17, 15) is 5.11 Å². The number of aliphatic hydroxyl groups is 1. The predicted molar refractivity (Wildman–Crippen MR) is 75.8 cm³/mol. The topological polar surface area (TPSA) is 45.2 Å². The Hall–Kier alpha value is -0.450. The Morgan fingerprint density at radius 3 is 2.78 bits per heavy atom. The molecule has 4 heteroatoms. The average molecular weight is 268 g/mol. The molecule has 3 unspecified atom stereocenters. The van der Waals surface area contributed by atoms with Crippen LogP contribution in [-0.4, -0.2) is 23.2 Å². The Balaban J connectivity index is 1.85. The molecule has 0 spiro atoms. The molecule has 2 N–H and O–H groups in total. The molecule has 1 aliphatic carbocycles. The molecule has 0 radical (unpaired) electrons.